The van der Waals surface area contributed by atoms with Gasteiger partial charge in [-0.3, -0.25) is 4.79 Å². The van der Waals surface area contributed by atoms with Crippen LogP contribution in [-0.4, -0.2) is 56.8 Å². The van der Waals surface area contributed by atoms with Crippen LogP contribution in [0.2, 0.25) is 0 Å². The molecule has 30 heavy (non-hydrogen) atoms. The molecule has 164 valence electrons. The number of hydrogen-bond acceptors (Lipinski definition) is 5. The van der Waals surface area contributed by atoms with Crippen LogP contribution >= 0.6 is 0 Å². The number of amides is 1. The highest BCUT2D eigenvalue weighted by Gasteiger charge is 2.34. The first-order chi connectivity index (χ1) is 13.9. The molecule has 0 saturated heterocycles. The van der Waals surface area contributed by atoms with E-state index in [1.165, 1.54) is 11.9 Å². The lowest BCUT2D eigenvalue weighted by Gasteiger charge is -2.23. The minimum atomic E-state index is -4.11. The van der Waals surface area contributed by atoms with Crippen molar-refractivity contribution in [2.75, 3.05) is 32.1 Å². The molecule has 0 radical (unpaired) electrons. The third kappa shape index (κ3) is 4.57. The van der Waals surface area contributed by atoms with E-state index in [-0.39, 0.29) is 23.6 Å². The summed E-state index contributed by atoms with van der Waals surface area (Å²) in [5, 5.41) is 0. The van der Waals surface area contributed by atoms with Gasteiger partial charge in [-0.15, -0.1) is 0 Å². The second kappa shape index (κ2) is 9.01. The molecular formula is C21H29N3O5S. The van der Waals surface area contributed by atoms with E-state index in [1.807, 2.05) is 32.0 Å². The minimum Gasteiger partial charge on any atom is -0.462 e. The molecule has 9 heteroatoms. The van der Waals surface area contributed by atoms with Gasteiger partial charge < -0.3 is 14.6 Å². The number of aromatic amines is 1. The number of carbonyl (C=O) groups is 2. The molecule has 2 rings (SSSR count). The number of anilines is 1. The maximum Gasteiger partial charge on any atom is 0.341 e. The number of ether oxygens (including phenoxy) is 1. The predicted octanol–water partition coefficient (Wildman–Crippen LogP) is 2.71. The van der Waals surface area contributed by atoms with Crippen molar-refractivity contribution in [3.63, 3.8) is 0 Å². The first kappa shape index (κ1) is 23.6. The van der Waals surface area contributed by atoms with Crippen LogP contribution in [-0.2, 0) is 19.6 Å². The highest BCUT2D eigenvalue weighted by atomic mass is 32.2. The molecule has 0 aliphatic heterocycles. The zero-order chi connectivity index (χ0) is 22.8. The van der Waals surface area contributed by atoms with Gasteiger partial charge in [0.25, 0.3) is 0 Å². The van der Waals surface area contributed by atoms with Crippen molar-refractivity contribution < 1.29 is 22.7 Å². The standard InChI is InChI=1S/C21H29N3O5S/c1-8-29-21(26)19-15(4)22-16(5)20(19)30(27,28)23(6)12-18(25)24(7)17-10-9-13(2)14(3)11-17/h9-11,22H,8,12H2,1-7H3. The number of carbonyl (C=O) groups excluding carboxylic acids is 2. The molecule has 0 fully saturated rings. The number of aryl methyl sites for hydroxylation is 4. The Hall–Kier alpha value is -2.65. The molecular weight excluding hydrogens is 406 g/mol. The van der Waals surface area contributed by atoms with Gasteiger partial charge in [-0.05, 0) is 57.9 Å². The first-order valence-electron chi connectivity index (χ1n) is 9.58. The van der Waals surface area contributed by atoms with Crippen molar-refractivity contribution in [3.8, 4) is 0 Å². The van der Waals surface area contributed by atoms with Gasteiger partial charge in [0.15, 0.2) is 0 Å². The van der Waals surface area contributed by atoms with E-state index in [4.69, 9.17) is 4.74 Å². The quantitative estimate of drug-likeness (QED) is 0.674. The summed E-state index contributed by atoms with van der Waals surface area (Å²) in [6.45, 7) is 8.49. The van der Waals surface area contributed by atoms with Crippen molar-refractivity contribution in [2.24, 2.45) is 0 Å². The van der Waals surface area contributed by atoms with Crippen molar-refractivity contribution in [1.82, 2.24) is 9.29 Å². The number of sulfonamides is 1. The predicted molar refractivity (Wildman–Crippen MR) is 115 cm³/mol. The van der Waals surface area contributed by atoms with E-state index in [0.29, 0.717) is 17.1 Å². The molecule has 1 amide bonds. The molecule has 0 aliphatic carbocycles. The van der Waals surface area contributed by atoms with Crippen LogP contribution in [0.25, 0.3) is 0 Å². The number of benzene rings is 1. The maximum absolute atomic E-state index is 13.2. The monoisotopic (exact) mass is 435 g/mol. The SMILES string of the molecule is CCOC(=O)c1c(C)[nH]c(C)c1S(=O)(=O)N(C)CC(=O)N(C)c1ccc(C)c(C)c1. The van der Waals surface area contributed by atoms with Crippen molar-refractivity contribution >= 4 is 27.6 Å². The van der Waals surface area contributed by atoms with Crippen LogP contribution in [0.4, 0.5) is 5.69 Å². The van der Waals surface area contributed by atoms with Gasteiger partial charge in [-0.25, -0.2) is 13.2 Å². The Balaban J connectivity index is 2.32. The van der Waals surface area contributed by atoms with E-state index in [2.05, 4.69) is 4.98 Å². The summed E-state index contributed by atoms with van der Waals surface area (Å²) in [6.07, 6.45) is 0. The Kier molecular flexibility index (Phi) is 7.10. The number of rotatable bonds is 7. The molecule has 0 saturated carbocycles. The molecule has 8 nitrogen and oxygen atoms in total. The van der Waals surface area contributed by atoms with Gasteiger partial charge in [-0.1, -0.05) is 6.07 Å². The van der Waals surface area contributed by atoms with E-state index in [1.54, 1.807) is 27.8 Å². The summed E-state index contributed by atoms with van der Waals surface area (Å²) >= 11 is 0. The van der Waals surface area contributed by atoms with E-state index < -0.39 is 21.9 Å². The van der Waals surface area contributed by atoms with Crippen LogP contribution in [0.3, 0.4) is 0 Å². The number of nitrogens with zero attached hydrogens (tertiary/aromatic N) is 2. The average molecular weight is 436 g/mol. The molecule has 0 aliphatic rings. The zero-order valence-electron chi connectivity index (χ0n) is 18.5. The molecule has 0 unspecified atom stereocenters. The fourth-order valence-corrected chi connectivity index (χ4v) is 4.67. The Labute approximate surface area is 177 Å². The van der Waals surface area contributed by atoms with Crippen LogP contribution in [0.5, 0.6) is 0 Å². The largest absolute Gasteiger partial charge is 0.462 e. The summed E-state index contributed by atoms with van der Waals surface area (Å²) in [5.41, 5.74) is 3.49. The van der Waals surface area contributed by atoms with Crippen molar-refractivity contribution in [1.29, 1.82) is 0 Å². The number of aromatic nitrogens is 1. The molecule has 1 N–H and O–H groups in total. The van der Waals surface area contributed by atoms with Crippen LogP contribution in [0, 0.1) is 27.7 Å². The van der Waals surface area contributed by atoms with E-state index >= 15 is 0 Å². The van der Waals surface area contributed by atoms with Crippen LogP contribution in [0.1, 0.15) is 39.8 Å². The summed E-state index contributed by atoms with van der Waals surface area (Å²) in [4.78, 5) is 29.2. The lowest BCUT2D eigenvalue weighted by molar-refractivity contribution is -0.118. The Bertz CT molecular complexity index is 1070. The molecule has 0 atom stereocenters. The summed E-state index contributed by atoms with van der Waals surface area (Å²) in [6, 6.07) is 5.60. The number of H-pyrrole nitrogens is 1. The zero-order valence-corrected chi connectivity index (χ0v) is 19.3. The van der Waals surface area contributed by atoms with Gasteiger partial charge in [0.05, 0.1) is 13.2 Å². The summed E-state index contributed by atoms with van der Waals surface area (Å²) in [7, 11) is -1.20. The molecule has 1 aromatic carbocycles. The maximum atomic E-state index is 13.2. The molecule has 0 spiro atoms. The molecule has 2 aromatic rings. The van der Waals surface area contributed by atoms with Crippen molar-refractivity contribution in [3.05, 3.63) is 46.3 Å². The smallest absolute Gasteiger partial charge is 0.341 e. The van der Waals surface area contributed by atoms with E-state index in [0.717, 1.165) is 15.4 Å². The first-order valence-corrected chi connectivity index (χ1v) is 11.0. The fourth-order valence-electron chi connectivity index (χ4n) is 3.15. The number of nitrogens with one attached hydrogen (secondary N) is 1. The van der Waals surface area contributed by atoms with Crippen LogP contribution < -0.4 is 4.90 Å². The minimum absolute atomic E-state index is 0.0313. The topological polar surface area (TPSA) is 99.8 Å². The lowest BCUT2D eigenvalue weighted by atomic mass is 10.1. The second-order valence-electron chi connectivity index (χ2n) is 7.28. The third-order valence-corrected chi connectivity index (χ3v) is 7.05. The third-order valence-electron chi connectivity index (χ3n) is 5.08. The van der Waals surface area contributed by atoms with Gasteiger partial charge >= 0.3 is 5.97 Å². The lowest BCUT2D eigenvalue weighted by Crippen LogP contribution is -2.40. The Morgan fingerprint density at radius 2 is 1.67 bits per heavy atom. The fraction of sp³-hybridized carbons (Fsp3) is 0.429. The van der Waals surface area contributed by atoms with Gasteiger partial charge in [0.1, 0.15) is 10.5 Å². The molecule has 0 bridgehead atoms. The normalized spacial score (nSPS) is 11.6. The molecule has 1 heterocycles. The van der Waals surface area contributed by atoms with Crippen LogP contribution in [0.15, 0.2) is 23.1 Å². The molecule has 1 aromatic heterocycles. The van der Waals surface area contributed by atoms with E-state index in [9.17, 15) is 18.0 Å². The number of hydrogen-bond donors (Lipinski definition) is 1. The Morgan fingerprint density at radius 3 is 2.23 bits per heavy atom. The second-order valence-corrected chi connectivity index (χ2v) is 9.26. The summed E-state index contributed by atoms with van der Waals surface area (Å²) in [5.74, 6) is -1.11. The number of likely N-dealkylation sites (N-methyl/N-ethyl adjacent to an activating group) is 2. The van der Waals surface area contributed by atoms with Gasteiger partial charge in [0, 0.05) is 31.2 Å². The highest BCUT2D eigenvalue weighted by Crippen LogP contribution is 2.27. The average Bonchev–Trinajstić information content (AvgIpc) is 2.98. The summed E-state index contributed by atoms with van der Waals surface area (Å²) < 4.78 is 32.4. The van der Waals surface area contributed by atoms with Gasteiger partial charge in [-0.2, -0.15) is 4.31 Å². The van der Waals surface area contributed by atoms with Crippen molar-refractivity contribution in [2.45, 2.75) is 39.5 Å². The highest BCUT2D eigenvalue weighted by molar-refractivity contribution is 7.89. The number of esters is 1. The Morgan fingerprint density at radius 1 is 1.03 bits per heavy atom. The van der Waals surface area contributed by atoms with Gasteiger partial charge in [0.2, 0.25) is 15.9 Å².